The first-order valence-corrected chi connectivity index (χ1v) is 5.87. The third-order valence-electron chi connectivity index (χ3n) is 3.61. The number of rotatable bonds is 2. The van der Waals surface area contributed by atoms with Crippen LogP contribution in [0.3, 0.4) is 0 Å². The van der Waals surface area contributed by atoms with Gasteiger partial charge in [0, 0.05) is 26.1 Å². The first kappa shape index (κ1) is 11.4. The highest BCUT2D eigenvalue weighted by atomic mass is 16.2. The predicted molar refractivity (Wildman–Crippen MR) is 59.5 cm³/mol. The minimum absolute atomic E-state index is 0.0574. The fraction of sp³-hybridized carbons (Fsp3) is 0.818. The van der Waals surface area contributed by atoms with Crippen LogP contribution in [0.1, 0.15) is 25.7 Å². The fourth-order valence-electron chi connectivity index (χ4n) is 2.21. The first-order valence-electron chi connectivity index (χ1n) is 5.87. The Bertz CT molecular complexity index is 304. The number of piperidine rings is 1. The van der Waals surface area contributed by atoms with Crippen molar-refractivity contribution in [2.75, 3.05) is 20.1 Å². The summed E-state index contributed by atoms with van der Waals surface area (Å²) in [5, 5.41) is 2.65. The summed E-state index contributed by atoms with van der Waals surface area (Å²) in [6.07, 6.45) is 3.12. The topological polar surface area (TPSA) is 75.4 Å². The van der Waals surface area contributed by atoms with E-state index in [2.05, 4.69) is 5.32 Å². The SMILES string of the molecule is CNC(=O)C1CCN(C(=O)C2(N)CC2)CC1. The number of amides is 2. The molecule has 1 saturated heterocycles. The number of hydrogen-bond acceptors (Lipinski definition) is 3. The summed E-state index contributed by atoms with van der Waals surface area (Å²) in [5.74, 6) is 0.214. The summed E-state index contributed by atoms with van der Waals surface area (Å²) < 4.78 is 0. The molecule has 0 bridgehead atoms. The third kappa shape index (κ3) is 2.04. The normalized spacial score (nSPS) is 24.0. The van der Waals surface area contributed by atoms with Crippen molar-refractivity contribution in [2.24, 2.45) is 11.7 Å². The van der Waals surface area contributed by atoms with E-state index >= 15 is 0 Å². The summed E-state index contributed by atoms with van der Waals surface area (Å²) >= 11 is 0. The zero-order chi connectivity index (χ0) is 11.8. The lowest BCUT2D eigenvalue weighted by molar-refractivity contribution is -0.137. The van der Waals surface area contributed by atoms with Crippen molar-refractivity contribution >= 4 is 11.8 Å². The second-order valence-corrected chi connectivity index (χ2v) is 4.84. The number of nitrogens with zero attached hydrogens (tertiary/aromatic N) is 1. The van der Waals surface area contributed by atoms with Crippen molar-refractivity contribution in [1.29, 1.82) is 0 Å². The average molecular weight is 225 g/mol. The molecule has 5 nitrogen and oxygen atoms in total. The lowest BCUT2D eigenvalue weighted by atomic mass is 9.95. The lowest BCUT2D eigenvalue weighted by Gasteiger charge is -2.32. The molecule has 1 heterocycles. The van der Waals surface area contributed by atoms with Crippen LogP contribution in [0, 0.1) is 5.92 Å². The Kier molecular flexibility index (Phi) is 2.88. The van der Waals surface area contributed by atoms with Crippen molar-refractivity contribution in [2.45, 2.75) is 31.2 Å². The molecule has 1 aliphatic carbocycles. The Labute approximate surface area is 95.3 Å². The lowest BCUT2D eigenvalue weighted by Crippen LogP contribution is -2.50. The van der Waals surface area contributed by atoms with Crippen LogP contribution in [0.2, 0.25) is 0 Å². The van der Waals surface area contributed by atoms with Crippen LogP contribution in [-0.2, 0) is 9.59 Å². The van der Waals surface area contributed by atoms with E-state index in [0.29, 0.717) is 13.1 Å². The van der Waals surface area contributed by atoms with Crippen molar-refractivity contribution in [3.63, 3.8) is 0 Å². The molecule has 16 heavy (non-hydrogen) atoms. The Morgan fingerprint density at radius 2 is 1.88 bits per heavy atom. The van der Waals surface area contributed by atoms with Gasteiger partial charge in [-0.05, 0) is 25.7 Å². The van der Waals surface area contributed by atoms with E-state index in [1.54, 1.807) is 7.05 Å². The molecular weight excluding hydrogens is 206 g/mol. The monoisotopic (exact) mass is 225 g/mol. The molecule has 1 saturated carbocycles. The second-order valence-electron chi connectivity index (χ2n) is 4.84. The molecule has 0 spiro atoms. The Balaban J connectivity index is 1.85. The van der Waals surface area contributed by atoms with Crippen molar-refractivity contribution in [3.05, 3.63) is 0 Å². The molecule has 0 aromatic carbocycles. The third-order valence-corrected chi connectivity index (χ3v) is 3.61. The Hall–Kier alpha value is -1.10. The summed E-state index contributed by atoms with van der Waals surface area (Å²) in [6, 6.07) is 0. The molecule has 2 fully saturated rings. The summed E-state index contributed by atoms with van der Waals surface area (Å²) in [7, 11) is 1.65. The van der Waals surface area contributed by atoms with Crippen LogP contribution >= 0.6 is 0 Å². The highest BCUT2D eigenvalue weighted by molar-refractivity contribution is 5.89. The van der Waals surface area contributed by atoms with Gasteiger partial charge in [0.25, 0.3) is 0 Å². The zero-order valence-corrected chi connectivity index (χ0v) is 9.66. The van der Waals surface area contributed by atoms with Gasteiger partial charge in [-0.15, -0.1) is 0 Å². The van der Waals surface area contributed by atoms with Gasteiger partial charge in [0.1, 0.15) is 0 Å². The summed E-state index contributed by atoms with van der Waals surface area (Å²) in [5.41, 5.74) is 5.30. The predicted octanol–water partition coefficient (Wildman–Crippen LogP) is -0.538. The molecule has 2 aliphatic rings. The van der Waals surface area contributed by atoms with E-state index in [0.717, 1.165) is 25.7 Å². The summed E-state index contributed by atoms with van der Waals surface area (Å²) in [4.78, 5) is 25.2. The van der Waals surface area contributed by atoms with E-state index in [1.165, 1.54) is 0 Å². The molecule has 2 amide bonds. The maximum atomic E-state index is 11.9. The van der Waals surface area contributed by atoms with Crippen LogP contribution in [0.5, 0.6) is 0 Å². The van der Waals surface area contributed by atoms with E-state index in [1.807, 2.05) is 4.90 Å². The quantitative estimate of drug-likeness (QED) is 0.663. The Morgan fingerprint density at radius 1 is 1.31 bits per heavy atom. The van der Waals surface area contributed by atoms with Gasteiger partial charge in [-0.1, -0.05) is 0 Å². The molecule has 0 aromatic heterocycles. The van der Waals surface area contributed by atoms with Crippen molar-refractivity contribution in [3.8, 4) is 0 Å². The van der Waals surface area contributed by atoms with Crippen LogP contribution in [0.4, 0.5) is 0 Å². The minimum atomic E-state index is -0.570. The molecule has 5 heteroatoms. The van der Waals surface area contributed by atoms with E-state index in [9.17, 15) is 9.59 Å². The minimum Gasteiger partial charge on any atom is -0.359 e. The largest absolute Gasteiger partial charge is 0.359 e. The Morgan fingerprint density at radius 3 is 2.31 bits per heavy atom. The molecule has 90 valence electrons. The van der Waals surface area contributed by atoms with Gasteiger partial charge >= 0.3 is 0 Å². The van der Waals surface area contributed by atoms with Crippen LogP contribution in [0.15, 0.2) is 0 Å². The van der Waals surface area contributed by atoms with Gasteiger partial charge in [0.05, 0.1) is 5.54 Å². The van der Waals surface area contributed by atoms with Crippen molar-refractivity contribution in [1.82, 2.24) is 10.2 Å². The number of nitrogens with two attached hydrogens (primary N) is 1. The van der Waals surface area contributed by atoms with Crippen LogP contribution < -0.4 is 11.1 Å². The smallest absolute Gasteiger partial charge is 0.242 e. The number of carbonyl (C=O) groups is 2. The van der Waals surface area contributed by atoms with Crippen molar-refractivity contribution < 1.29 is 9.59 Å². The number of likely N-dealkylation sites (tertiary alicyclic amines) is 1. The van der Waals surface area contributed by atoms with E-state index in [-0.39, 0.29) is 17.7 Å². The highest BCUT2D eigenvalue weighted by Gasteiger charge is 2.48. The molecule has 0 radical (unpaired) electrons. The zero-order valence-electron chi connectivity index (χ0n) is 9.66. The molecule has 0 unspecified atom stereocenters. The second kappa shape index (κ2) is 4.05. The van der Waals surface area contributed by atoms with Gasteiger partial charge in [-0.3, -0.25) is 9.59 Å². The first-order chi connectivity index (χ1) is 7.57. The highest BCUT2D eigenvalue weighted by Crippen LogP contribution is 2.35. The number of nitrogens with one attached hydrogen (secondary N) is 1. The molecule has 3 N–H and O–H groups in total. The summed E-state index contributed by atoms with van der Waals surface area (Å²) in [6.45, 7) is 1.33. The standard InChI is InChI=1S/C11H19N3O2/c1-13-9(15)8-2-6-14(7-3-8)10(16)11(12)4-5-11/h8H,2-7,12H2,1H3,(H,13,15). The van der Waals surface area contributed by atoms with Crippen LogP contribution in [0.25, 0.3) is 0 Å². The molecule has 2 rings (SSSR count). The van der Waals surface area contributed by atoms with Crippen LogP contribution in [-0.4, -0.2) is 42.4 Å². The van der Waals surface area contributed by atoms with Gasteiger partial charge < -0.3 is 16.0 Å². The average Bonchev–Trinajstić information content (AvgIpc) is 3.07. The fourth-order valence-corrected chi connectivity index (χ4v) is 2.21. The van der Waals surface area contributed by atoms with Gasteiger partial charge in [0.2, 0.25) is 11.8 Å². The maximum absolute atomic E-state index is 11.9. The molecular formula is C11H19N3O2. The molecule has 1 aliphatic heterocycles. The van der Waals surface area contributed by atoms with Gasteiger partial charge in [-0.25, -0.2) is 0 Å². The van der Waals surface area contributed by atoms with Gasteiger partial charge in [-0.2, -0.15) is 0 Å². The number of hydrogen-bond donors (Lipinski definition) is 2. The molecule has 0 aromatic rings. The molecule has 0 atom stereocenters. The number of carbonyl (C=O) groups excluding carboxylic acids is 2. The maximum Gasteiger partial charge on any atom is 0.242 e. The van der Waals surface area contributed by atoms with E-state index in [4.69, 9.17) is 5.73 Å². The van der Waals surface area contributed by atoms with E-state index < -0.39 is 5.54 Å². The van der Waals surface area contributed by atoms with Gasteiger partial charge in [0.15, 0.2) is 0 Å².